The highest BCUT2D eigenvalue weighted by atomic mass is 32.2. The summed E-state index contributed by atoms with van der Waals surface area (Å²) in [4.78, 5) is 0.170. The molecule has 1 aromatic rings. The van der Waals surface area contributed by atoms with Crippen LogP contribution in [0.3, 0.4) is 0 Å². The fraction of sp³-hybridized carbons (Fsp3) is 0.500. The van der Waals surface area contributed by atoms with Gasteiger partial charge in [0, 0.05) is 19.2 Å². The van der Waals surface area contributed by atoms with Crippen LogP contribution < -0.4 is 4.74 Å². The molecule has 0 saturated carbocycles. The number of methoxy groups -OCH3 is 1. The lowest BCUT2D eigenvalue weighted by atomic mass is 10.2. The van der Waals surface area contributed by atoms with Gasteiger partial charge in [-0.15, -0.1) is 0 Å². The number of benzene rings is 1. The summed E-state index contributed by atoms with van der Waals surface area (Å²) in [5.74, 6) is 0.481. The molecule has 1 rings (SSSR count). The molecule has 6 heteroatoms. The molecule has 0 heterocycles. The van der Waals surface area contributed by atoms with Crippen LogP contribution in [0.15, 0.2) is 23.1 Å². The summed E-state index contributed by atoms with van der Waals surface area (Å²) >= 11 is 0. The molecule has 1 aromatic carbocycles. The Morgan fingerprint density at radius 1 is 1.39 bits per heavy atom. The van der Waals surface area contributed by atoms with Gasteiger partial charge in [-0.2, -0.15) is 0 Å². The first-order valence-corrected chi connectivity index (χ1v) is 7.15. The van der Waals surface area contributed by atoms with Crippen LogP contribution in [0.5, 0.6) is 5.75 Å². The van der Waals surface area contributed by atoms with E-state index >= 15 is 0 Å². The average molecular weight is 273 g/mol. The molecule has 102 valence electrons. The lowest BCUT2D eigenvalue weighted by molar-refractivity contribution is 0.273. The van der Waals surface area contributed by atoms with Crippen molar-refractivity contribution in [2.24, 2.45) is 0 Å². The zero-order valence-corrected chi connectivity index (χ0v) is 11.7. The van der Waals surface area contributed by atoms with Gasteiger partial charge in [-0.25, -0.2) is 12.7 Å². The third kappa shape index (κ3) is 3.01. The standard InChI is InChI=1S/C12H19NO4S/c1-4-7-13(2)18(15,16)11-5-6-12(17-3)10(8-11)9-14/h5-6,8,14H,4,7,9H2,1-3H3. The monoisotopic (exact) mass is 273 g/mol. The van der Waals surface area contributed by atoms with Gasteiger partial charge in [-0.3, -0.25) is 0 Å². The number of nitrogens with zero attached hydrogens (tertiary/aromatic N) is 1. The zero-order valence-electron chi connectivity index (χ0n) is 10.9. The number of rotatable bonds is 6. The molecular weight excluding hydrogens is 254 g/mol. The van der Waals surface area contributed by atoms with Crippen LogP contribution in [0.4, 0.5) is 0 Å². The number of aliphatic hydroxyl groups is 1. The first-order chi connectivity index (χ1) is 8.47. The Labute approximate surface area is 108 Å². The van der Waals surface area contributed by atoms with Gasteiger partial charge in [-0.1, -0.05) is 6.92 Å². The predicted octanol–water partition coefficient (Wildman–Crippen LogP) is 1.22. The maximum Gasteiger partial charge on any atom is 0.242 e. The molecule has 1 N–H and O–H groups in total. The second-order valence-corrected chi connectivity index (χ2v) is 6.00. The van der Waals surface area contributed by atoms with Crippen LogP contribution in [0.1, 0.15) is 18.9 Å². The highest BCUT2D eigenvalue weighted by molar-refractivity contribution is 7.89. The lowest BCUT2D eigenvalue weighted by Gasteiger charge is -2.17. The highest BCUT2D eigenvalue weighted by Gasteiger charge is 2.21. The van der Waals surface area contributed by atoms with Crippen LogP contribution in [-0.4, -0.2) is 38.5 Å². The van der Waals surface area contributed by atoms with Crippen LogP contribution >= 0.6 is 0 Å². The minimum absolute atomic E-state index is 0.170. The van der Waals surface area contributed by atoms with E-state index < -0.39 is 10.0 Å². The smallest absolute Gasteiger partial charge is 0.242 e. The van der Waals surface area contributed by atoms with Crippen molar-refractivity contribution in [3.8, 4) is 5.75 Å². The van der Waals surface area contributed by atoms with Crippen molar-refractivity contribution in [2.75, 3.05) is 20.7 Å². The maximum absolute atomic E-state index is 12.2. The van der Waals surface area contributed by atoms with Crippen molar-refractivity contribution in [3.05, 3.63) is 23.8 Å². The minimum Gasteiger partial charge on any atom is -0.496 e. The third-order valence-corrected chi connectivity index (χ3v) is 4.52. The number of hydrogen-bond acceptors (Lipinski definition) is 4. The van der Waals surface area contributed by atoms with Crippen molar-refractivity contribution >= 4 is 10.0 Å². The van der Waals surface area contributed by atoms with E-state index in [1.165, 1.54) is 23.5 Å². The fourth-order valence-electron chi connectivity index (χ4n) is 1.65. The number of ether oxygens (including phenoxy) is 1. The van der Waals surface area contributed by atoms with E-state index in [0.717, 1.165) is 6.42 Å². The van der Waals surface area contributed by atoms with Crippen LogP contribution in [0.25, 0.3) is 0 Å². The molecule has 0 radical (unpaired) electrons. The summed E-state index contributed by atoms with van der Waals surface area (Å²) in [6.07, 6.45) is 0.749. The molecule has 0 spiro atoms. The Bertz CT molecular complexity index is 499. The molecule has 0 unspecified atom stereocenters. The Morgan fingerprint density at radius 3 is 2.56 bits per heavy atom. The van der Waals surface area contributed by atoms with Crippen molar-refractivity contribution < 1.29 is 18.3 Å². The molecule has 0 amide bonds. The van der Waals surface area contributed by atoms with E-state index in [1.54, 1.807) is 13.1 Å². The molecule has 18 heavy (non-hydrogen) atoms. The Kier molecular flexibility index (Phi) is 5.13. The number of hydrogen-bond donors (Lipinski definition) is 1. The zero-order chi connectivity index (χ0) is 13.8. The Morgan fingerprint density at radius 2 is 2.06 bits per heavy atom. The number of aliphatic hydroxyl groups excluding tert-OH is 1. The van der Waals surface area contributed by atoms with Crippen molar-refractivity contribution in [1.82, 2.24) is 4.31 Å². The van der Waals surface area contributed by atoms with E-state index in [9.17, 15) is 13.5 Å². The molecule has 0 aromatic heterocycles. The van der Waals surface area contributed by atoms with Gasteiger partial charge in [0.25, 0.3) is 0 Å². The van der Waals surface area contributed by atoms with Crippen molar-refractivity contribution in [1.29, 1.82) is 0 Å². The maximum atomic E-state index is 12.2. The van der Waals surface area contributed by atoms with Crippen LogP contribution in [-0.2, 0) is 16.6 Å². The second-order valence-electron chi connectivity index (χ2n) is 3.96. The quantitative estimate of drug-likeness (QED) is 0.846. The van der Waals surface area contributed by atoms with E-state index in [4.69, 9.17) is 4.74 Å². The normalized spacial score (nSPS) is 11.8. The molecule has 0 aliphatic rings. The molecule has 0 aliphatic carbocycles. The van der Waals surface area contributed by atoms with Gasteiger partial charge in [-0.05, 0) is 24.6 Å². The van der Waals surface area contributed by atoms with Gasteiger partial charge in [0.05, 0.1) is 18.6 Å². The SMILES string of the molecule is CCCN(C)S(=O)(=O)c1ccc(OC)c(CO)c1. The summed E-state index contributed by atoms with van der Waals surface area (Å²) in [6, 6.07) is 4.48. The fourth-order valence-corrected chi connectivity index (χ4v) is 2.97. The van der Waals surface area contributed by atoms with Crippen LogP contribution in [0.2, 0.25) is 0 Å². The summed E-state index contributed by atoms with van der Waals surface area (Å²) in [5, 5.41) is 9.19. The van der Waals surface area contributed by atoms with Gasteiger partial charge in [0.15, 0.2) is 0 Å². The molecule has 0 atom stereocenters. The van der Waals surface area contributed by atoms with Crippen molar-refractivity contribution in [3.63, 3.8) is 0 Å². The summed E-state index contributed by atoms with van der Waals surface area (Å²) in [6.45, 7) is 2.12. The topological polar surface area (TPSA) is 66.8 Å². The molecular formula is C12H19NO4S. The molecule has 5 nitrogen and oxygen atoms in total. The average Bonchev–Trinajstić information content (AvgIpc) is 2.38. The van der Waals surface area contributed by atoms with Gasteiger partial charge < -0.3 is 9.84 Å². The first kappa shape index (κ1) is 14.9. The Balaban J connectivity index is 3.17. The number of sulfonamides is 1. The second kappa shape index (κ2) is 6.17. The largest absolute Gasteiger partial charge is 0.496 e. The molecule has 0 bridgehead atoms. The molecule has 0 fully saturated rings. The molecule has 0 saturated heterocycles. The summed E-state index contributed by atoms with van der Waals surface area (Å²) in [5.41, 5.74) is 0.462. The summed E-state index contributed by atoms with van der Waals surface area (Å²) in [7, 11) is -0.471. The predicted molar refractivity (Wildman–Crippen MR) is 69.0 cm³/mol. The van der Waals surface area contributed by atoms with Gasteiger partial charge in [0.2, 0.25) is 10.0 Å². The minimum atomic E-state index is -3.49. The van der Waals surface area contributed by atoms with Gasteiger partial charge in [0.1, 0.15) is 5.75 Å². The van der Waals surface area contributed by atoms with E-state index in [0.29, 0.717) is 17.9 Å². The first-order valence-electron chi connectivity index (χ1n) is 5.71. The third-order valence-electron chi connectivity index (χ3n) is 2.67. The van der Waals surface area contributed by atoms with E-state index in [2.05, 4.69) is 0 Å². The summed E-state index contributed by atoms with van der Waals surface area (Å²) < 4.78 is 30.7. The van der Waals surface area contributed by atoms with Gasteiger partial charge >= 0.3 is 0 Å². The highest BCUT2D eigenvalue weighted by Crippen LogP contribution is 2.24. The van der Waals surface area contributed by atoms with Crippen LogP contribution in [0, 0.1) is 0 Å². The van der Waals surface area contributed by atoms with Crippen molar-refractivity contribution in [2.45, 2.75) is 24.8 Å². The van der Waals surface area contributed by atoms with E-state index in [-0.39, 0.29) is 11.5 Å². The van der Waals surface area contributed by atoms with E-state index in [1.807, 2.05) is 6.92 Å². The molecule has 0 aliphatic heterocycles. The lowest BCUT2D eigenvalue weighted by Crippen LogP contribution is -2.27. The Hall–Kier alpha value is -1.11.